The first-order chi connectivity index (χ1) is 13.5. The van der Waals surface area contributed by atoms with Gasteiger partial charge in [0.15, 0.2) is 0 Å². The minimum absolute atomic E-state index is 0.00674. The third kappa shape index (κ3) is 2.28. The van der Waals surface area contributed by atoms with E-state index in [1.54, 1.807) is 18.2 Å². The molecule has 0 unspecified atom stereocenters. The standard InChI is InChI=1S/C22H14N2O4/c25-17-10-13(22(27)28)9-12-6-8-16-19(18(12)17)24-21(23-16)15-7-5-11-3-1-2-4-14(11)20(15)26/h1-10,25-26H,(H,23,24)(H,27,28). The fraction of sp³-hybridized carbons (Fsp3) is 0. The van der Waals surface area contributed by atoms with Gasteiger partial charge in [0, 0.05) is 5.39 Å². The number of aromatic amines is 1. The largest absolute Gasteiger partial charge is 0.507 e. The summed E-state index contributed by atoms with van der Waals surface area (Å²) in [6, 6.07) is 17.4. The van der Waals surface area contributed by atoms with Crippen molar-refractivity contribution in [2.45, 2.75) is 0 Å². The summed E-state index contributed by atoms with van der Waals surface area (Å²) in [4.78, 5) is 19.0. The van der Waals surface area contributed by atoms with E-state index in [0.29, 0.717) is 33.2 Å². The zero-order chi connectivity index (χ0) is 19.4. The van der Waals surface area contributed by atoms with Crippen LogP contribution in [0, 0.1) is 0 Å². The number of fused-ring (bicyclic) bond motifs is 4. The van der Waals surface area contributed by atoms with Crippen molar-refractivity contribution < 1.29 is 20.1 Å². The number of benzene rings is 4. The molecule has 6 heteroatoms. The summed E-state index contributed by atoms with van der Waals surface area (Å²) in [5.41, 5.74) is 1.74. The Bertz CT molecular complexity index is 1420. The van der Waals surface area contributed by atoms with E-state index in [1.807, 2.05) is 30.3 Å². The van der Waals surface area contributed by atoms with Crippen LogP contribution in [-0.2, 0) is 0 Å². The number of nitrogens with one attached hydrogen (secondary N) is 1. The lowest BCUT2D eigenvalue weighted by Gasteiger charge is -2.05. The number of hydrogen-bond donors (Lipinski definition) is 4. The van der Waals surface area contributed by atoms with E-state index in [0.717, 1.165) is 10.8 Å². The average molecular weight is 370 g/mol. The number of H-pyrrole nitrogens is 1. The molecule has 0 aliphatic rings. The summed E-state index contributed by atoms with van der Waals surface area (Å²) in [7, 11) is 0. The molecule has 0 saturated carbocycles. The highest BCUT2D eigenvalue weighted by molar-refractivity contribution is 6.10. The van der Waals surface area contributed by atoms with E-state index in [2.05, 4.69) is 9.97 Å². The molecule has 4 N–H and O–H groups in total. The maximum atomic E-state index is 11.2. The first-order valence-corrected chi connectivity index (χ1v) is 8.63. The summed E-state index contributed by atoms with van der Waals surface area (Å²) in [6.45, 7) is 0. The second-order valence-electron chi connectivity index (χ2n) is 6.63. The highest BCUT2D eigenvalue weighted by atomic mass is 16.4. The summed E-state index contributed by atoms with van der Waals surface area (Å²) < 4.78 is 0. The molecule has 0 radical (unpaired) electrons. The van der Waals surface area contributed by atoms with Crippen LogP contribution in [0.5, 0.6) is 11.5 Å². The van der Waals surface area contributed by atoms with Crippen LogP contribution in [0.4, 0.5) is 0 Å². The smallest absolute Gasteiger partial charge is 0.335 e. The molecule has 0 atom stereocenters. The number of phenols is 2. The molecule has 6 nitrogen and oxygen atoms in total. The number of carboxylic acid groups (broad SMARTS) is 1. The zero-order valence-electron chi connectivity index (χ0n) is 14.5. The second kappa shape index (κ2) is 5.72. The number of aromatic carboxylic acids is 1. The van der Waals surface area contributed by atoms with Gasteiger partial charge in [0.25, 0.3) is 0 Å². The Balaban J connectivity index is 1.78. The Morgan fingerprint density at radius 2 is 1.71 bits per heavy atom. The minimum Gasteiger partial charge on any atom is -0.507 e. The predicted molar refractivity (Wildman–Crippen MR) is 107 cm³/mol. The molecule has 1 heterocycles. The molecule has 0 saturated heterocycles. The molecule has 0 aliphatic carbocycles. The lowest BCUT2D eigenvalue weighted by Crippen LogP contribution is -1.95. The highest BCUT2D eigenvalue weighted by Gasteiger charge is 2.16. The van der Waals surface area contributed by atoms with Gasteiger partial charge in [-0.3, -0.25) is 0 Å². The number of carbonyl (C=O) groups is 1. The monoisotopic (exact) mass is 370 g/mol. The fourth-order valence-corrected chi connectivity index (χ4v) is 3.61. The molecule has 0 aliphatic heterocycles. The third-order valence-corrected chi connectivity index (χ3v) is 4.95. The van der Waals surface area contributed by atoms with Gasteiger partial charge in [-0.1, -0.05) is 36.4 Å². The van der Waals surface area contributed by atoms with Crippen molar-refractivity contribution in [1.82, 2.24) is 9.97 Å². The Kier molecular flexibility index (Phi) is 3.30. The van der Waals surface area contributed by atoms with Crippen LogP contribution in [-0.4, -0.2) is 31.3 Å². The van der Waals surface area contributed by atoms with Gasteiger partial charge in [-0.05, 0) is 35.0 Å². The van der Waals surface area contributed by atoms with Gasteiger partial charge in [-0.25, -0.2) is 9.78 Å². The molecule has 0 fully saturated rings. The van der Waals surface area contributed by atoms with Gasteiger partial charge in [-0.15, -0.1) is 0 Å². The SMILES string of the molecule is O=C(O)c1cc(O)c2c(ccc3[nH]c(-c4ccc5ccccc5c4O)nc32)c1. The third-order valence-electron chi connectivity index (χ3n) is 4.95. The normalized spacial score (nSPS) is 11.4. The van der Waals surface area contributed by atoms with E-state index in [4.69, 9.17) is 0 Å². The molecule has 0 bridgehead atoms. The van der Waals surface area contributed by atoms with E-state index >= 15 is 0 Å². The lowest BCUT2D eigenvalue weighted by atomic mass is 10.0. The molecular weight excluding hydrogens is 356 g/mol. The van der Waals surface area contributed by atoms with Crippen molar-refractivity contribution in [3.8, 4) is 22.9 Å². The molecule has 5 aromatic rings. The maximum Gasteiger partial charge on any atom is 0.335 e. The van der Waals surface area contributed by atoms with Crippen molar-refractivity contribution in [1.29, 1.82) is 0 Å². The predicted octanol–water partition coefficient (Wildman–Crippen LogP) is 4.65. The van der Waals surface area contributed by atoms with Crippen molar-refractivity contribution in [2.24, 2.45) is 0 Å². The number of carboxylic acids is 1. The number of aromatic nitrogens is 2. The number of imidazole rings is 1. The van der Waals surface area contributed by atoms with Crippen LogP contribution >= 0.6 is 0 Å². The van der Waals surface area contributed by atoms with Crippen molar-refractivity contribution >= 4 is 38.5 Å². The van der Waals surface area contributed by atoms with Crippen molar-refractivity contribution in [3.63, 3.8) is 0 Å². The summed E-state index contributed by atoms with van der Waals surface area (Å²) in [5.74, 6) is -0.673. The Morgan fingerprint density at radius 3 is 2.54 bits per heavy atom. The van der Waals surface area contributed by atoms with Crippen LogP contribution in [0.15, 0.2) is 60.7 Å². The molecule has 4 aromatic carbocycles. The van der Waals surface area contributed by atoms with Crippen LogP contribution in [0.1, 0.15) is 10.4 Å². The molecular formula is C22H14N2O4. The number of hydrogen-bond acceptors (Lipinski definition) is 4. The van der Waals surface area contributed by atoms with E-state index in [1.165, 1.54) is 12.1 Å². The van der Waals surface area contributed by atoms with Crippen LogP contribution in [0.25, 0.3) is 44.0 Å². The number of nitrogens with zero attached hydrogens (tertiary/aromatic N) is 1. The maximum absolute atomic E-state index is 11.2. The topological polar surface area (TPSA) is 106 Å². The lowest BCUT2D eigenvalue weighted by molar-refractivity contribution is 0.0696. The molecule has 0 spiro atoms. The van der Waals surface area contributed by atoms with E-state index in [9.17, 15) is 20.1 Å². The first-order valence-electron chi connectivity index (χ1n) is 8.63. The summed E-state index contributed by atoms with van der Waals surface area (Å²) >= 11 is 0. The van der Waals surface area contributed by atoms with Gasteiger partial charge in [0.05, 0.1) is 22.0 Å². The van der Waals surface area contributed by atoms with Crippen LogP contribution < -0.4 is 0 Å². The first kappa shape index (κ1) is 16.1. The summed E-state index contributed by atoms with van der Waals surface area (Å²) in [6.07, 6.45) is 0. The zero-order valence-corrected chi connectivity index (χ0v) is 14.5. The van der Waals surface area contributed by atoms with Gasteiger partial charge in [-0.2, -0.15) is 0 Å². The number of rotatable bonds is 2. The van der Waals surface area contributed by atoms with Gasteiger partial charge < -0.3 is 20.3 Å². The Labute approximate surface area is 158 Å². The molecule has 0 amide bonds. The Hall–Kier alpha value is -4.06. The summed E-state index contributed by atoms with van der Waals surface area (Å²) in [5, 5.41) is 33.0. The van der Waals surface area contributed by atoms with Crippen molar-refractivity contribution in [2.75, 3.05) is 0 Å². The van der Waals surface area contributed by atoms with Crippen LogP contribution in [0.3, 0.4) is 0 Å². The molecule has 5 rings (SSSR count). The van der Waals surface area contributed by atoms with Gasteiger partial charge >= 0.3 is 5.97 Å². The fourth-order valence-electron chi connectivity index (χ4n) is 3.61. The number of phenolic OH excluding ortho intramolecular Hbond substituents is 2. The quantitative estimate of drug-likeness (QED) is 0.362. The molecule has 136 valence electrons. The number of aromatic hydroxyl groups is 2. The minimum atomic E-state index is -1.11. The van der Waals surface area contributed by atoms with Gasteiger partial charge in [0.2, 0.25) is 0 Å². The molecule has 1 aromatic heterocycles. The van der Waals surface area contributed by atoms with Gasteiger partial charge in [0.1, 0.15) is 22.8 Å². The van der Waals surface area contributed by atoms with E-state index < -0.39 is 5.97 Å². The van der Waals surface area contributed by atoms with Crippen LogP contribution in [0.2, 0.25) is 0 Å². The van der Waals surface area contributed by atoms with Crippen molar-refractivity contribution in [3.05, 3.63) is 66.2 Å². The second-order valence-corrected chi connectivity index (χ2v) is 6.63. The molecule has 28 heavy (non-hydrogen) atoms. The van der Waals surface area contributed by atoms with E-state index in [-0.39, 0.29) is 17.1 Å². The highest BCUT2D eigenvalue weighted by Crippen LogP contribution is 2.38. The average Bonchev–Trinajstić information content (AvgIpc) is 3.12. The Morgan fingerprint density at radius 1 is 0.929 bits per heavy atom.